The Balaban J connectivity index is -0.00000144. The van der Waals surface area contributed by atoms with Crippen LogP contribution in [0.15, 0.2) is 0 Å². The van der Waals surface area contributed by atoms with E-state index in [9.17, 15) is 9.59 Å². The van der Waals surface area contributed by atoms with E-state index in [0.717, 1.165) is 38.5 Å². The number of carboxylic acid groups (broad SMARTS) is 2. The van der Waals surface area contributed by atoms with Gasteiger partial charge < -0.3 is 22.5 Å². The summed E-state index contributed by atoms with van der Waals surface area (Å²) >= 11 is 0. The van der Waals surface area contributed by atoms with E-state index in [-0.39, 0.29) is 12.3 Å². The molecule has 0 aromatic heterocycles. The van der Waals surface area contributed by atoms with Crippen molar-refractivity contribution in [3.8, 4) is 0 Å². The number of aliphatic carboxylic acids is 2. The summed E-state index contributed by atoms with van der Waals surface area (Å²) in [6, 6.07) is 0. The highest BCUT2D eigenvalue weighted by molar-refractivity contribution is 5.66. The SMILES string of the molecule is N.N.O=C(O)CCCCCCCCCCCCC(=O)O. The zero-order valence-corrected chi connectivity index (χ0v) is 12.6. The Kier molecular flexibility index (Phi) is 21.4. The third kappa shape index (κ3) is 22.1. The maximum atomic E-state index is 10.3. The molecule has 0 aliphatic heterocycles. The maximum Gasteiger partial charge on any atom is 0.303 e. The first kappa shape index (κ1) is 23.9. The van der Waals surface area contributed by atoms with Gasteiger partial charge in [0.25, 0.3) is 0 Å². The number of carboxylic acids is 2. The lowest BCUT2D eigenvalue weighted by atomic mass is 10.1. The third-order valence-corrected chi connectivity index (χ3v) is 3.03. The summed E-state index contributed by atoms with van der Waals surface area (Å²) in [6.07, 6.45) is 11.3. The second kappa shape index (κ2) is 17.9. The van der Waals surface area contributed by atoms with Crippen molar-refractivity contribution in [2.24, 2.45) is 0 Å². The van der Waals surface area contributed by atoms with E-state index < -0.39 is 11.9 Å². The van der Waals surface area contributed by atoms with Crippen molar-refractivity contribution in [3.63, 3.8) is 0 Å². The van der Waals surface area contributed by atoms with Crippen molar-refractivity contribution in [1.29, 1.82) is 0 Å². The van der Waals surface area contributed by atoms with E-state index in [1.807, 2.05) is 0 Å². The highest BCUT2D eigenvalue weighted by Gasteiger charge is 1.98. The molecule has 0 atom stereocenters. The van der Waals surface area contributed by atoms with E-state index in [2.05, 4.69) is 0 Å². The van der Waals surface area contributed by atoms with Crippen LogP contribution in [0, 0.1) is 0 Å². The van der Waals surface area contributed by atoms with Crippen molar-refractivity contribution in [2.75, 3.05) is 0 Å². The molecule has 0 rings (SSSR count). The van der Waals surface area contributed by atoms with Crippen LogP contribution in [0.3, 0.4) is 0 Å². The summed E-state index contributed by atoms with van der Waals surface area (Å²) in [7, 11) is 0. The minimum absolute atomic E-state index is 0. The molecule has 0 radical (unpaired) electrons. The van der Waals surface area contributed by atoms with Gasteiger partial charge in [0.05, 0.1) is 0 Å². The molecule has 0 unspecified atom stereocenters. The van der Waals surface area contributed by atoms with Crippen molar-refractivity contribution in [2.45, 2.75) is 77.0 Å². The van der Waals surface area contributed by atoms with E-state index in [1.165, 1.54) is 25.7 Å². The predicted molar refractivity (Wildman–Crippen MR) is 80.7 cm³/mol. The molecular weight excluding hydrogens is 260 g/mol. The standard InChI is InChI=1S/C14H26O4.2H3N/c15-13(16)11-9-7-5-3-1-2-4-6-8-10-12-14(17)18;;/h1-12H2,(H,15,16)(H,17,18);2*1H3. The number of hydrogen-bond acceptors (Lipinski definition) is 4. The lowest BCUT2D eigenvalue weighted by Gasteiger charge is -2.01. The van der Waals surface area contributed by atoms with Gasteiger partial charge in [-0.2, -0.15) is 0 Å². The van der Waals surface area contributed by atoms with Crippen LogP contribution in [0.4, 0.5) is 0 Å². The topological polar surface area (TPSA) is 145 Å². The van der Waals surface area contributed by atoms with Crippen molar-refractivity contribution in [3.05, 3.63) is 0 Å². The minimum Gasteiger partial charge on any atom is -0.481 e. The molecule has 0 fully saturated rings. The summed E-state index contributed by atoms with van der Waals surface area (Å²) in [5, 5.41) is 16.9. The van der Waals surface area contributed by atoms with Crippen LogP contribution in [0.1, 0.15) is 77.0 Å². The molecule has 0 aliphatic carbocycles. The molecule has 0 bridgehead atoms. The first-order valence-electron chi connectivity index (χ1n) is 7.06. The fraction of sp³-hybridized carbons (Fsp3) is 0.857. The van der Waals surface area contributed by atoms with Crippen LogP contribution in [0.5, 0.6) is 0 Å². The zero-order valence-electron chi connectivity index (χ0n) is 12.6. The number of rotatable bonds is 13. The van der Waals surface area contributed by atoms with Crippen LogP contribution in [-0.2, 0) is 9.59 Å². The lowest BCUT2D eigenvalue weighted by Crippen LogP contribution is -1.93. The largest absolute Gasteiger partial charge is 0.481 e. The highest BCUT2D eigenvalue weighted by atomic mass is 16.4. The summed E-state index contributed by atoms with van der Waals surface area (Å²) in [5.74, 6) is -1.40. The van der Waals surface area contributed by atoms with Crippen LogP contribution in [0.2, 0.25) is 0 Å². The van der Waals surface area contributed by atoms with Gasteiger partial charge in [-0.1, -0.05) is 51.4 Å². The molecule has 20 heavy (non-hydrogen) atoms. The first-order valence-corrected chi connectivity index (χ1v) is 7.06. The van der Waals surface area contributed by atoms with Crippen molar-refractivity contribution >= 4 is 11.9 Å². The quantitative estimate of drug-likeness (QED) is 0.375. The van der Waals surface area contributed by atoms with Crippen LogP contribution < -0.4 is 12.3 Å². The Labute approximate surface area is 122 Å². The van der Waals surface area contributed by atoms with Gasteiger partial charge in [-0.25, -0.2) is 0 Å². The summed E-state index contributed by atoms with van der Waals surface area (Å²) < 4.78 is 0. The van der Waals surface area contributed by atoms with E-state index in [0.29, 0.717) is 12.8 Å². The van der Waals surface area contributed by atoms with Gasteiger partial charge in [-0.05, 0) is 12.8 Å². The molecule has 8 N–H and O–H groups in total. The second-order valence-corrected chi connectivity index (χ2v) is 4.82. The van der Waals surface area contributed by atoms with Crippen molar-refractivity contribution in [1.82, 2.24) is 12.3 Å². The molecule has 0 aromatic carbocycles. The Morgan fingerprint density at radius 1 is 0.500 bits per heavy atom. The molecular formula is C14H32N2O4. The molecule has 0 saturated carbocycles. The normalized spacial score (nSPS) is 9.40. The molecule has 0 spiro atoms. The zero-order chi connectivity index (χ0) is 13.6. The Morgan fingerprint density at radius 2 is 0.700 bits per heavy atom. The van der Waals surface area contributed by atoms with Gasteiger partial charge in [0.15, 0.2) is 0 Å². The lowest BCUT2D eigenvalue weighted by molar-refractivity contribution is -0.138. The minimum atomic E-state index is -0.698. The van der Waals surface area contributed by atoms with E-state index in [1.54, 1.807) is 0 Å². The van der Waals surface area contributed by atoms with Gasteiger partial charge in [-0.3, -0.25) is 9.59 Å². The predicted octanol–water partition coefficient (Wildman–Crippen LogP) is 4.16. The molecule has 0 saturated heterocycles. The molecule has 6 nitrogen and oxygen atoms in total. The van der Waals surface area contributed by atoms with Gasteiger partial charge in [-0.15, -0.1) is 0 Å². The monoisotopic (exact) mass is 292 g/mol. The van der Waals surface area contributed by atoms with Crippen molar-refractivity contribution < 1.29 is 19.8 Å². The van der Waals surface area contributed by atoms with Gasteiger partial charge in [0.1, 0.15) is 0 Å². The Bertz CT molecular complexity index is 211. The average molecular weight is 292 g/mol. The summed E-state index contributed by atoms with van der Waals surface area (Å²) in [6.45, 7) is 0. The fourth-order valence-corrected chi connectivity index (χ4v) is 1.97. The third-order valence-electron chi connectivity index (χ3n) is 3.03. The summed E-state index contributed by atoms with van der Waals surface area (Å²) in [5.41, 5.74) is 0. The van der Waals surface area contributed by atoms with E-state index >= 15 is 0 Å². The van der Waals surface area contributed by atoms with Gasteiger partial charge in [0, 0.05) is 12.8 Å². The number of unbranched alkanes of at least 4 members (excludes halogenated alkanes) is 9. The molecule has 0 aromatic rings. The molecule has 0 heterocycles. The number of carbonyl (C=O) groups is 2. The Hall–Kier alpha value is -1.14. The van der Waals surface area contributed by atoms with Crippen LogP contribution in [0.25, 0.3) is 0 Å². The van der Waals surface area contributed by atoms with Crippen LogP contribution in [-0.4, -0.2) is 22.2 Å². The maximum absolute atomic E-state index is 10.3. The molecule has 0 aliphatic rings. The van der Waals surface area contributed by atoms with E-state index in [4.69, 9.17) is 10.2 Å². The van der Waals surface area contributed by atoms with Crippen LogP contribution >= 0.6 is 0 Å². The average Bonchev–Trinajstić information content (AvgIpc) is 2.29. The molecule has 0 amide bonds. The second-order valence-electron chi connectivity index (χ2n) is 4.82. The summed E-state index contributed by atoms with van der Waals surface area (Å²) in [4.78, 5) is 20.5. The van der Waals surface area contributed by atoms with Gasteiger partial charge in [0.2, 0.25) is 0 Å². The molecule has 6 heteroatoms. The smallest absolute Gasteiger partial charge is 0.303 e. The first-order chi connectivity index (χ1) is 8.63. The molecule has 122 valence electrons. The number of hydrogen-bond donors (Lipinski definition) is 4. The fourth-order valence-electron chi connectivity index (χ4n) is 1.97. The van der Waals surface area contributed by atoms with Gasteiger partial charge >= 0.3 is 11.9 Å². The Morgan fingerprint density at radius 3 is 0.900 bits per heavy atom. The highest BCUT2D eigenvalue weighted by Crippen LogP contribution is 2.11.